The van der Waals surface area contributed by atoms with Crippen LogP contribution >= 0.6 is 11.3 Å². The van der Waals surface area contributed by atoms with Gasteiger partial charge in [-0.3, -0.25) is 0 Å². The average Bonchev–Trinajstić information content (AvgIpc) is 3.08. The maximum absolute atomic E-state index is 12.2. The quantitative estimate of drug-likeness (QED) is 0.560. The van der Waals surface area contributed by atoms with Crippen molar-refractivity contribution in [2.24, 2.45) is 11.1 Å². The van der Waals surface area contributed by atoms with Crippen LogP contribution in [0.4, 0.5) is 0 Å². The van der Waals surface area contributed by atoms with Crippen LogP contribution in [-0.4, -0.2) is 27.6 Å². The lowest BCUT2D eigenvalue weighted by molar-refractivity contribution is 0.0456. The van der Waals surface area contributed by atoms with Crippen molar-refractivity contribution in [3.8, 4) is 5.75 Å². The number of sulfonamides is 1. The van der Waals surface area contributed by atoms with Crippen LogP contribution in [0.15, 0.2) is 35.2 Å². The summed E-state index contributed by atoms with van der Waals surface area (Å²) >= 11 is 1.53. The minimum absolute atomic E-state index is 0.0215. The number of primary sulfonamides is 1. The minimum Gasteiger partial charge on any atom is -0.490 e. The zero-order valence-corrected chi connectivity index (χ0v) is 16.8. The Hall–Kier alpha value is -1.90. The van der Waals surface area contributed by atoms with Crippen LogP contribution in [0, 0.1) is 5.92 Å². The minimum atomic E-state index is -3.72. The lowest BCUT2D eigenvalue weighted by atomic mass is 9.87. The maximum atomic E-state index is 12.2. The molecule has 2 N–H and O–H groups in total. The lowest BCUT2D eigenvalue weighted by Gasteiger charge is -2.19. The summed E-state index contributed by atoms with van der Waals surface area (Å²) in [6, 6.07) is 7.74. The molecule has 27 heavy (non-hydrogen) atoms. The van der Waals surface area contributed by atoms with Gasteiger partial charge in [0, 0.05) is 4.88 Å². The summed E-state index contributed by atoms with van der Waals surface area (Å²) in [5.41, 5.74) is 1.29. The standard InChI is InChI=1S/C19H23NO5S2/c1-2-13-3-8-17-14(11-13)12-18(26-17)19(21)25-10-9-24-15-4-6-16(7-5-15)27(20,22)23/h4-7,12-13H,2-3,8-11H2,1H3,(H2,20,22,23). The molecule has 0 saturated carbocycles. The molecule has 3 rings (SSSR count). The highest BCUT2D eigenvalue weighted by molar-refractivity contribution is 7.89. The smallest absolute Gasteiger partial charge is 0.348 e. The molecule has 0 fully saturated rings. The van der Waals surface area contributed by atoms with Crippen LogP contribution in [0.1, 0.15) is 39.9 Å². The Labute approximate surface area is 163 Å². The van der Waals surface area contributed by atoms with E-state index < -0.39 is 10.0 Å². The normalized spacial score (nSPS) is 16.6. The van der Waals surface area contributed by atoms with Gasteiger partial charge in [0.2, 0.25) is 10.0 Å². The molecule has 0 bridgehead atoms. The summed E-state index contributed by atoms with van der Waals surface area (Å²) in [6.45, 7) is 2.51. The molecule has 0 saturated heterocycles. The van der Waals surface area contributed by atoms with Crippen molar-refractivity contribution in [1.82, 2.24) is 0 Å². The number of hydrogen-bond donors (Lipinski definition) is 1. The zero-order chi connectivity index (χ0) is 19.4. The van der Waals surface area contributed by atoms with Crippen molar-refractivity contribution in [2.45, 2.75) is 37.5 Å². The van der Waals surface area contributed by atoms with Gasteiger partial charge in [0.05, 0.1) is 4.90 Å². The number of esters is 1. The van der Waals surface area contributed by atoms with E-state index in [-0.39, 0.29) is 24.1 Å². The molecule has 6 nitrogen and oxygen atoms in total. The fourth-order valence-corrected chi connectivity index (χ4v) is 4.76. The van der Waals surface area contributed by atoms with Crippen molar-refractivity contribution >= 4 is 27.3 Å². The fraction of sp³-hybridized carbons (Fsp3) is 0.421. The summed E-state index contributed by atoms with van der Waals surface area (Å²) in [4.78, 5) is 14.2. The predicted molar refractivity (Wildman–Crippen MR) is 104 cm³/mol. The first-order valence-corrected chi connectivity index (χ1v) is 11.3. The Kier molecular flexibility index (Phi) is 6.18. The van der Waals surface area contributed by atoms with Crippen molar-refractivity contribution in [1.29, 1.82) is 0 Å². The Bertz CT molecular complexity index is 903. The van der Waals surface area contributed by atoms with Gasteiger partial charge in [-0.1, -0.05) is 13.3 Å². The molecule has 1 aromatic heterocycles. The summed E-state index contributed by atoms with van der Waals surface area (Å²) in [7, 11) is -3.72. The monoisotopic (exact) mass is 409 g/mol. The van der Waals surface area contributed by atoms with Crippen LogP contribution in [0.2, 0.25) is 0 Å². The van der Waals surface area contributed by atoms with Crippen molar-refractivity contribution in [3.63, 3.8) is 0 Å². The number of thiophene rings is 1. The molecule has 1 aromatic carbocycles. The van der Waals surface area contributed by atoms with Crippen LogP contribution in [0.5, 0.6) is 5.75 Å². The van der Waals surface area contributed by atoms with E-state index in [0.717, 1.165) is 12.8 Å². The number of rotatable bonds is 7. The summed E-state index contributed by atoms with van der Waals surface area (Å²) in [5, 5.41) is 5.04. The van der Waals surface area contributed by atoms with E-state index in [1.54, 1.807) is 0 Å². The summed E-state index contributed by atoms with van der Waals surface area (Å²) < 4.78 is 33.2. The average molecular weight is 410 g/mol. The van der Waals surface area contributed by atoms with Crippen molar-refractivity contribution in [2.75, 3.05) is 13.2 Å². The summed E-state index contributed by atoms with van der Waals surface area (Å²) in [5.74, 6) is 0.872. The number of benzene rings is 1. The van der Waals surface area contributed by atoms with Gasteiger partial charge in [-0.2, -0.15) is 0 Å². The van der Waals surface area contributed by atoms with E-state index >= 15 is 0 Å². The second-order valence-electron chi connectivity index (χ2n) is 6.58. The number of carbonyl (C=O) groups excluding carboxylic acids is 1. The molecule has 1 atom stereocenters. The molecule has 0 aliphatic heterocycles. The zero-order valence-electron chi connectivity index (χ0n) is 15.1. The molecule has 1 heterocycles. The lowest BCUT2D eigenvalue weighted by Crippen LogP contribution is -2.13. The van der Waals surface area contributed by atoms with Gasteiger partial charge in [0.25, 0.3) is 0 Å². The van der Waals surface area contributed by atoms with Gasteiger partial charge in [-0.15, -0.1) is 11.3 Å². The van der Waals surface area contributed by atoms with Gasteiger partial charge in [0.1, 0.15) is 23.8 Å². The van der Waals surface area contributed by atoms with E-state index in [1.807, 2.05) is 6.07 Å². The molecule has 2 aromatic rings. The van der Waals surface area contributed by atoms with E-state index in [4.69, 9.17) is 14.6 Å². The summed E-state index contributed by atoms with van der Waals surface area (Å²) in [6.07, 6.45) is 4.46. The Morgan fingerprint density at radius 3 is 2.67 bits per heavy atom. The van der Waals surface area contributed by atoms with Crippen molar-refractivity contribution < 1.29 is 22.7 Å². The van der Waals surface area contributed by atoms with Crippen LogP contribution in [0.3, 0.4) is 0 Å². The van der Waals surface area contributed by atoms with Gasteiger partial charge >= 0.3 is 5.97 Å². The SMILES string of the molecule is CCC1CCc2sc(C(=O)OCCOc3ccc(S(N)(=O)=O)cc3)cc2C1. The number of fused-ring (bicyclic) bond motifs is 1. The maximum Gasteiger partial charge on any atom is 0.348 e. The van der Waals surface area contributed by atoms with Crippen molar-refractivity contribution in [3.05, 3.63) is 45.6 Å². The van der Waals surface area contributed by atoms with E-state index in [1.165, 1.54) is 58.9 Å². The highest BCUT2D eigenvalue weighted by Gasteiger charge is 2.22. The highest BCUT2D eigenvalue weighted by Crippen LogP contribution is 2.33. The van der Waals surface area contributed by atoms with Gasteiger partial charge < -0.3 is 9.47 Å². The Morgan fingerprint density at radius 2 is 2.00 bits per heavy atom. The largest absolute Gasteiger partial charge is 0.490 e. The molecule has 146 valence electrons. The number of ether oxygens (including phenoxy) is 2. The van der Waals surface area contributed by atoms with Crippen LogP contribution in [-0.2, 0) is 27.6 Å². The molecule has 1 aliphatic rings. The van der Waals surface area contributed by atoms with Gasteiger partial charge in [-0.25, -0.2) is 18.4 Å². The third kappa shape index (κ3) is 5.09. The first-order chi connectivity index (χ1) is 12.9. The molecule has 1 aliphatic carbocycles. The number of nitrogens with two attached hydrogens (primary N) is 1. The molecule has 0 radical (unpaired) electrons. The number of aryl methyl sites for hydroxylation is 1. The molecule has 8 heteroatoms. The molecule has 0 spiro atoms. The molecule has 1 unspecified atom stereocenters. The fourth-order valence-electron chi connectivity index (χ4n) is 3.14. The molecular formula is C19H23NO5S2. The molecular weight excluding hydrogens is 386 g/mol. The number of hydrogen-bond acceptors (Lipinski definition) is 6. The van der Waals surface area contributed by atoms with E-state index in [0.29, 0.717) is 16.5 Å². The second-order valence-corrected chi connectivity index (χ2v) is 9.28. The van der Waals surface area contributed by atoms with E-state index in [2.05, 4.69) is 6.92 Å². The predicted octanol–water partition coefficient (Wildman–Crippen LogP) is 3.15. The van der Waals surface area contributed by atoms with Gasteiger partial charge in [0.15, 0.2) is 0 Å². The Morgan fingerprint density at radius 1 is 1.26 bits per heavy atom. The first-order valence-electron chi connectivity index (χ1n) is 8.91. The van der Waals surface area contributed by atoms with Gasteiger partial charge in [-0.05, 0) is 61.1 Å². The first kappa shape index (κ1) is 19.9. The van der Waals surface area contributed by atoms with E-state index in [9.17, 15) is 13.2 Å². The number of carbonyl (C=O) groups is 1. The third-order valence-electron chi connectivity index (χ3n) is 4.70. The van der Waals surface area contributed by atoms with Crippen LogP contribution < -0.4 is 9.88 Å². The Balaban J connectivity index is 1.47. The van der Waals surface area contributed by atoms with Crippen LogP contribution in [0.25, 0.3) is 0 Å². The molecule has 0 amide bonds. The highest BCUT2D eigenvalue weighted by atomic mass is 32.2. The topological polar surface area (TPSA) is 95.7 Å². The third-order valence-corrected chi connectivity index (χ3v) is 6.85. The second kappa shape index (κ2) is 8.41.